The summed E-state index contributed by atoms with van der Waals surface area (Å²) in [4.78, 5) is 0. The molecule has 0 aromatic heterocycles. The van der Waals surface area contributed by atoms with Crippen molar-refractivity contribution in [2.45, 2.75) is 19.0 Å². The predicted molar refractivity (Wildman–Crippen MR) is 80.9 cm³/mol. The van der Waals surface area contributed by atoms with Crippen LogP contribution in [-0.2, 0) is 13.0 Å². The summed E-state index contributed by atoms with van der Waals surface area (Å²) in [5, 5.41) is 12.9. The zero-order valence-electron chi connectivity index (χ0n) is 11.8. The van der Waals surface area contributed by atoms with E-state index in [2.05, 4.69) is 17.4 Å². The Morgan fingerprint density at radius 1 is 1.05 bits per heavy atom. The molecule has 20 heavy (non-hydrogen) atoms. The van der Waals surface area contributed by atoms with E-state index in [0.717, 1.165) is 17.7 Å². The van der Waals surface area contributed by atoms with Crippen molar-refractivity contribution in [3.8, 4) is 5.75 Å². The van der Waals surface area contributed by atoms with Crippen LogP contribution in [0.3, 0.4) is 0 Å². The molecule has 0 saturated heterocycles. The highest BCUT2D eigenvalue weighted by atomic mass is 16.5. The van der Waals surface area contributed by atoms with Gasteiger partial charge in [-0.1, -0.05) is 48.5 Å². The van der Waals surface area contributed by atoms with E-state index in [0.29, 0.717) is 6.54 Å². The number of aliphatic hydroxyl groups excluding tert-OH is 1. The van der Waals surface area contributed by atoms with Gasteiger partial charge in [-0.15, -0.1) is 0 Å². The van der Waals surface area contributed by atoms with Crippen LogP contribution in [0.15, 0.2) is 54.6 Å². The van der Waals surface area contributed by atoms with Gasteiger partial charge >= 0.3 is 0 Å². The van der Waals surface area contributed by atoms with Crippen molar-refractivity contribution < 1.29 is 9.84 Å². The first-order valence-electron chi connectivity index (χ1n) is 6.83. The van der Waals surface area contributed by atoms with Gasteiger partial charge < -0.3 is 15.2 Å². The third kappa shape index (κ3) is 4.08. The fourth-order valence-electron chi connectivity index (χ4n) is 2.20. The normalized spacial score (nSPS) is 12.1. The topological polar surface area (TPSA) is 41.5 Å². The number of nitrogens with one attached hydrogen (secondary N) is 1. The molecular formula is C17H21NO2. The van der Waals surface area contributed by atoms with Crippen LogP contribution >= 0.6 is 0 Å². The molecule has 0 radical (unpaired) electrons. The number of benzene rings is 2. The molecule has 2 aromatic rings. The molecule has 0 bridgehead atoms. The molecule has 0 aliphatic rings. The van der Waals surface area contributed by atoms with Crippen LogP contribution in [0.1, 0.15) is 11.1 Å². The molecule has 0 aliphatic heterocycles. The van der Waals surface area contributed by atoms with Crippen LogP contribution < -0.4 is 10.1 Å². The minimum absolute atomic E-state index is 0.0438. The molecule has 0 fully saturated rings. The first kappa shape index (κ1) is 14.6. The number of ether oxygens (including phenoxy) is 1. The average Bonchev–Trinajstić information content (AvgIpc) is 2.52. The van der Waals surface area contributed by atoms with E-state index in [1.807, 2.05) is 42.5 Å². The van der Waals surface area contributed by atoms with E-state index in [1.54, 1.807) is 7.11 Å². The highest BCUT2D eigenvalue weighted by molar-refractivity contribution is 5.33. The Kier molecular flexibility index (Phi) is 5.59. The molecular weight excluding hydrogens is 250 g/mol. The number of methoxy groups -OCH3 is 1. The monoisotopic (exact) mass is 271 g/mol. The summed E-state index contributed by atoms with van der Waals surface area (Å²) < 4.78 is 5.33. The Morgan fingerprint density at radius 3 is 2.45 bits per heavy atom. The Hall–Kier alpha value is -1.84. The lowest BCUT2D eigenvalue weighted by molar-refractivity contribution is 0.240. The first-order chi connectivity index (χ1) is 9.83. The van der Waals surface area contributed by atoms with Crippen LogP contribution in [0, 0.1) is 0 Å². The minimum Gasteiger partial charge on any atom is -0.496 e. The highest BCUT2D eigenvalue weighted by Crippen LogP contribution is 2.17. The maximum Gasteiger partial charge on any atom is 0.123 e. The minimum atomic E-state index is 0.0438. The van der Waals surface area contributed by atoms with E-state index in [1.165, 1.54) is 5.56 Å². The van der Waals surface area contributed by atoms with Gasteiger partial charge in [0, 0.05) is 18.2 Å². The summed E-state index contributed by atoms with van der Waals surface area (Å²) in [5.74, 6) is 0.872. The number of hydrogen-bond acceptors (Lipinski definition) is 3. The zero-order valence-corrected chi connectivity index (χ0v) is 11.8. The van der Waals surface area contributed by atoms with Crippen molar-refractivity contribution >= 4 is 0 Å². The quantitative estimate of drug-likeness (QED) is 0.812. The Morgan fingerprint density at radius 2 is 1.75 bits per heavy atom. The Bertz CT molecular complexity index is 513. The second-order valence-corrected chi connectivity index (χ2v) is 4.76. The lowest BCUT2D eigenvalue weighted by atomic mass is 10.1. The van der Waals surface area contributed by atoms with Gasteiger partial charge in [0.25, 0.3) is 0 Å². The smallest absolute Gasteiger partial charge is 0.123 e. The second kappa shape index (κ2) is 7.68. The highest BCUT2D eigenvalue weighted by Gasteiger charge is 2.09. The van der Waals surface area contributed by atoms with Crippen LogP contribution in [0.4, 0.5) is 0 Å². The van der Waals surface area contributed by atoms with Crippen molar-refractivity contribution in [1.29, 1.82) is 0 Å². The van der Waals surface area contributed by atoms with Gasteiger partial charge in [-0.2, -0.15) is 0 Å². The van der Waals surface area contributed by atoms with Crippen molar-refractivity contribution in [3.05, 3.63) is 65.7 Å². The number of para-hydroxylation sites is 1. The predicted octanol–water partition coefficient (Wildman–Crippen LogP) is 2.39. The van der Waals surface area contributed by atoms with Gasteiger partial charge in [0.05, 0.1) is 13.7 Å². The van der Waals surface area contributed by atoms with Gasteiger partial charge in [-0.3, -0.25) is 0 Å². The van der Waals surface area contributed by atoms with E-state index < -0.39 is 0 Å². The summed E-state index contributed by atoms with van der Waals surface area (Å²) in [6.07, 6.45) is 0.812. The molecule has 0 aliphatic carbocycles. The maximum atomic E-state index is 9.50. The Labute approximate surface area is 120 Å². The third-order valence-electron chi connectivity index (χ3n) is 3.32. The number of aliphatic hydroxyl groups is 1. The van der Waals surface area contributed by atoms with Gasteiger partial charge in [0.15, 0.2) is 0 Å². The SMILES string of the molecule is COc1ccccc1CN[C@@H](CO)Cc1ccccc1. The maximum absolute atomic E-state index is 9.50. The summed E-state index contributed by atoms with van der Waals surface area (Å²) in [6.45, 7) is 0.798. The summed E-state index contributed by atoms with van der Waals surface area (Å²) in [7, 11) is 1.67. The van der Waals surface area contributed by atoms with Crippen LogP contribution in [-0.4, -0.2) is 24.9 Å². The molecule has 3 heteroatoms. The molecule has 2 aromatic carbocycles. The number of rotatable bonds is 7. The summed E-state index contributed by atoms with van der Waals surface area (Å²) in [5.41, 5.74) is 2.32. The van der Waals surface area contributed by atoms with Crippen molar-refractivity contribution in [3.63, 3.8) is 0 Å². The average molecular weight is 271 g/mol. The van der Waals surface area contributed by atoms with E-state index in [4.69, 9.17) is 4.74 Å². The molecule has 2 N–H and O–H groups in total. The second-order valence-electron chi connectivity index (χ2n) is 4.76. The van der Waals surface area contributed by atoms with Crippen molar-refractivity contribution in [1.82, 2.24) is 5.32 Å². The summed E-state index contributed by atoms with van der Waals surface area (Å²) in [6, 6.07) is 18.2. The molecule has 0 heterocycles. The lowest BCUT2D eigenvalue weighted by Gasteiger charge is -2.17. The number of hydrogen-bond donors (Lipinski definition) is 2. The zero-order chi connectivity index (χ0) is 14.2. The molecule has 106 valence electrons. The van der Waals surface area contributed by atoms with Gasteiger partial charge in [0.2, 0.25) is 0 Å². The van der Waals surface area contributed by atoms with Gasteiger partial charge in [-0.25, -0.2) is 0 Å². The van der Waals surface area contributed by atoms with Gasteiger partial charge in [0.1, 0.15) is 5.75 Å². The third-order valence-corrected chi connectivity index (χ3v) is 3.32. The van der Waals surface area contributed by atoms with Crippen LogP contribution in [0.5, 0.6) is 5.75 Å². The van der Waals surface area contributed by atoms with Crippen LogP contribution in [0.25, 0.3) is 0 Å². The lowest BCUT2D eigenvalue weighted by Crippen LogP contribution is -2.34. The fourth-order valence-corrected chi connectivity index (χ4v) is 2.20. The molecule has 1 atom stereocenters. The molecule has 2 rings (SSSR count). The van der Waals surface area contributed by atoms with E-state index in [9.17, 15) is 5.11 Å². The molecule has 0 unspecified atom stereocenters. The van der Waals surface area contributed by atoms with Crippen LogP contribution in [0.2, 0.25) is 0 Å². The Balaban J connectivity index is 1.94. The van der Waals surface area contributed by atoms with Crippen molar-refractivity contribution in [2.24, 2.45) is 0 Å². The van der Waals surface area contributed by atoms with E-state index in [-0.39, 0.29) is 12.6 Å². The van der Waals surface area contributed by atoms with Gasteiger partial charge in [-0.05, 0) is 18.1 Å². The largest absolute Gasteiger partial charge is 0.496 e. The van der Waals surface area contributed by atoms with E-state index >= 15 is 0 Å². The van der Waals surface area contributed by atoms with Crippen molar-refractivity contribution in [2.75, 3.05) is 13.7 Å². The molecule has 0 saturated carbocycles. The standard InChI is InChI=1S/C17H21NO2/c1-20-17-10-6-5-9-15(17)12-18-16(13-19)11-14-7-3-2-4-8-14/h2-10,16,18-19H,11-13H2,1H3/t16-/m1/s1. The fraction of sp³-hybridized carbons (Fsp3) is 0.294. The molecule has 0 amide bonds. The first-order valence-corrected chi connectivity index (χ1v) is 6.83. The summed E-state index contributed by atoms with van der Waals surface area (Å²) >= 11 is 0. The molecule has 0 spiro atoms. The molecule has 3 nitrogen and oxygen atoms in total.